The van der Waals surface area contributed by atoms with Crippen molar-refractivity contribution < 1.29 is 14.6 Å². The third-order valence-corrected chi connectivity index (χ3v) is 3.16. The van der Waals surface area contributed by atoms with Crippen molar-refractivity contribution in [3.63, 3.8) is 0 Å². The third-order valence-electron chi connectivity index (χ3n) is 2.90. The smallest absolute Gasteiger partial charge is 0.311 e. The lowest BCUT2D eigenvalue weighted by atomic mass is 9.99. The number of aliphatic carboxylic acids is 1. The minimum atomic E-state index is -0.847. The Kier molecular flexibility index (Phi) is 6.71. The minimum Gasteiger partial charge on any atom is -0.481 e. The summed E-state index contributed by atoms with van der Waals surface area (Å²) >= 11 is 5.79. The Morgan fingerprint density at radius 1 is 1.29 bits per heavy atom. The van der Waals surface area contributed by atoms with Crippen LogP contribution in [0.3, 0.4) is 0 Å². The largest absolute Gasteiger partial charge is 0.481 e. The molecule has 21 heavy (non-hydrogen) atoms. The van der Waals surface area contributed by atoms with Gasteiger partial charge in [-0.05, 0) is 36.2 Å². The molecule has 1 atom stereocenters. The standard InChI is InChI=1S/C15H14ClNO3.Al.3H/c1-2-13(15(18)19)10-3-8-14(17-9-10)20-12-6-4-11(16)5-7-12;;;;/h3-9,13H,2H2,1H3,(H,18,19);;;;. The molecule has 4 nitrogen and oxygen atoms in total. The van der Waals surface area contributed by atoms with E-state index in [4.69, 9.17) is 21.4 Å². The van der Waals surface area contributed by atoms with Crippen LogP contribution in [-0.2, 0) is 4.79 Å². The number of halogens is 1. The van der Waals surface area contributed by atoms with Crippen LogP contribution < -0.4 is 4.74 Å². The quantitative estimate of drug-likeness (QED) is 0.860. The molecular formula is C15H17AlClNO3. The molecule has 0 fully saturated rings. The van der Waals surface area contributed by atoms with Gasteiger partial charge in [-0.2, -0.15) is 0 Å². The van der Waals surface area contributed by atoms with Crippen LogP contribution >= 0.6 is 11.6 Å². The zero-order valence-corrected chi connectivity index (χ0v) is 11.7. The first-order valence-electron chi connectivity index (χ1n) is 6.22. The highest BCUT2D eigenvalue weighted by atomic mass is 35.5. The minimum absolute atomic E-state index is 0. The molecule has 0 aliphatic rings. The lowest BCUT2D eigenvalue weighted by Crippen LogP contribution is -2.10. The van der Waals surface area contributed by atoms with Gasteiger partial charge in [0.15, 0.2) is 17.4 Å². The predicted octanol–water partition coefficient (Wildman–Crippen LogP) is 2.92. The van der Waals surface area contributed by atoms with E-state index >= 15 is 0 Å². The van der Waals surface area contributed by atoms with Crippen molar-refractivity contribution in [3.8, 4) is 11.6 Å². The van der Waals surface area contributed by atoms with Gasteiger partial charge < -0.3 is 9.84 Å². The van der Waals surface area contributed by atoms with Crippen LogP contribution in [0.4, 0.5) is 0 Å². The van der Waals surface area contributed by atoms with Crippen molar-refractivity contribution in [3.05, 3.63) is 53.2 Å². The molecule has 0 bridgehead atoms. The second-order valence-corrected chi connectivity index (χ2v) is 4.72. The Morgan fingerprint density at radius 2 is 1.95 bits per heavy atom. The summed E-state index contributed by atoms with van der Waals surface area (Å²) in [5, 5.41) is 9.72. The molecule has 0 amide bonds. The summed E-state index contributed by atoms with van der Waals surface area (Å²) in [6.45, 7) is 1.83. The molecule has 0 spiro atoms. The van der Waals surface area contributed by atoms with Crippen LogP contribution in [0.15, 0.2) is 42.6 Å². The molecule has 0 aliphatic heterocycles. The average molecular weight is 322 g/mol. The molecule has 0 saturated carbocycles. The number of aromatic nitrogens is 1. The van der Waals surface area contributed by atoms with Gasteiger partial charge in [-0.15, -0.1) is 0 Å². The topological polar surface area (TPSA) is 59.4 Å². The van der Waals surface area contributed by atoms with Crippen LogP contribution in [0.25, 0.3) is 0 Å². The summed E-state index contributed by atoms with van der Waals surface area (Å²) in [4.78, 5) is 15.2. The second kappa shape index (κ2) is 8.04. The number of hydrogen-bond donors (Lipinski definition) is 1. The molecule has 1 aromatic carbocycles. The zero-order valence-electron chi connectivity index (χ0n) is 10.9. The number of benzene rings is 1. The van der Waals surface area contributed by atoms with Crippen molar-refractivity contribution in [2.75, 3.05) is 0 Å². The molecular weight excluding hydrogens is 305 g/mol. The van der Waals surface area contributed by atoms with Gasteiger partial charge >= 0.3 is 5.97 Å². The number of ether oxygens (including phenoxy) is 1. The van der Waals surface area contributed by atoms with E-state index in [1.54, 1.807) is 36.4 Å². The van der Waals surface area contributed by atoms with Gasteiger partial charge in [-0.25, -0.2) is 4.98 Å². The maximum absolute atomic E-state index is 11.1. The van der Waals surface area contributed by atoms with Crippen LogP contribution in [0.5, 0.6) is 11.6 Å². The highest BCUT2D eigenvalue weighted by Crippen LogP contribution is 2.24. The number of carboxylic acids is 1. The second-order valence-electron chi connectivity index (χ2n) is 4.28. The number of carbonyl (C=O) groups is 1. The van der Waals surface area contributed by atoms with E-state index in [-0.39, 0.29) is 17.4 Å². The molecule has 1 unspecified atom stereocenters. The van der Waals surface area contributed by atoms with E-state index in [9.17, 15) is 4.79 Å². The molecule has 2 rings (SSSR count). The first-order chi connectivity index (χ1) is 9.60. The van der Waals surface area contributed by atoms with Gasteiger partial charge in [-0.1, -0.05) is 24.6 Å². The van der Waals surface area contributed by atoms with Gasteiger partial charge in [0, 0.05) is 17.3 Å². The van der Waals surface area contributed by atoms with Crippen molar-refractivity contribution >= 4 is 34.9 Å². The highest BCUT2D eigenvalue weighted by molar-refractivity contribution is 6.30. The number of nitrogens with zero attached hydrogens (tertiary/aromatic N) is 1. The molecule has 0 aliphatic carbocycles. The summed E-state index contributed by atoms with van der Waals surface area (Å²) in [7, 11) is 0. The van der Waals surface area contributed by atoms with Gasteiger partial charge in [-0.3, -0.25) is 4.79 Å². The van der Waals surface area contributed by atoms with Crippen molar-refractivity contribution in [1.29, 1.82) is 0 Å². The Morgan fingerprint density at radius 3 is 2.43 bits per heavy atom. The zero-order chi connectivity index (χ0) is 14.5. The van der Waals surface area contributed by atoms with Gasteiger partial charge in [0.2, 0.25) is 5.88 Å². The lowest BCUT2D eigenvalue weighted by Gasteiger charge is -2.10. The fraction of sp³-hybridized carbons (Fsp3) is 0.200. The molecule has 0 radical (unpaired) electrons. The van der Waals surface area contributed by atoms with Gasteiger partial charge in [0.25, 0.3) is 0 Å². The van der Waals surface area contributed by atoms with E-state index in [0.717, 1.165) is 0 Å². The SMILES string of the molecule is CCC(C(=O)O)c1ccc(Oc2ccc(Cl)cc2)nc1.[AlH3]. The van der Waals surface area contributed by atoms with E-state index in [1.807, 2.05) is 6.92 Å². The molecule has 6 heteroatoms. The van der Waals surface area contributed by atoms with E-state index in [2.05, 4.69) is 4.98 Å². The summed E-state index contributed by atoms with van der Waals surface area (Å²) in [5.74, 6) is -0.344. The molecule has 1 aromatic heterocycles. The van der Waals surface area contributed by atoms with E-state index < -0.39 is 11.9 Å². The summed E-state index contributed by atoms with van der Waals surface area (Å²) in [6, 6.07) is 10.3. The Labute approximate surface area is 138 Å². The first kappa shape index (κ1) is 17.5. The van der Waals surface area contributed by atoms with Crippen LogP contribution in [0, 0.1) is 0 Å². The maximum atomic E-state index is 11.1. The lowest BCUT2D eigenvalue weighted by molar-refractivity contribution is -0.138. The Balaban J connectivity index is 0.00000220. The number of pyridine rings is 1. The first-order valence-corrected chi connectivity index (χ1v) is 6.60. The maximum Gasteiger partial charge on any atom is 0.311 e. The van der Waals surface area contributed by atoms with E-state index in [0.29, 0.717) is 28.6 Å². The Hall–Kier alpha value is -1.54. The molecule has 110 valence electrons. The van der Waals surface area contributed by atoms with Gasteiger partial charge in [0.1, 0.15) is 5.75 Å². The van der Waals surface area contributed by atoms with Crippen LogP contribution in [-0.4, -0.2) is 33.4 Å². The van der Waals surface area contributed by atoms with Gasteiger partial charge in [0.05, 0.1) is 5.92 Å². The summed E-state index contributed by atoms with van der Waals surface area (Å²) in [6.07, 6.45) is 2.06. The van der Waals surface area contributed by atoms with E-state index in [1.165, 1.54) is 6.20 Å². The number of hydrogen-bond acceptors (Lipinski definition) is 3. The highest BCUT2D eigenvalue weighted by Gasteiger charge is 2.17. The van der Waals surface area contributed by atoms with Crippen molar-refractivity contribution in [2.24, 2.45) is 0 Å². The third kappa shape index (κ3) is 4.75. The number of rotatable bonds is 5. The Bertz CT molecular complexity index is 587. The molecule has 2 aromatic rings. The summed E-state index contributed by atoms with van der Waals surface area (Å²) in [5.41, 5.74) is 0.670. The van der Waals surface area contributed by atoms with Crippen LogP contribution in [0.1, 0.15) is 24.8 Å². The predicted molar refractivity (Wildman–Crippen MR) is 86.4 cm³/mol. The fourth-order valence-corrected chi connectivity index (χ4v) is 1.96. The monoisotopic (exact) mass is 321 g/mol. The molecule has 1 heterocycles. The number of carboxylic acid groups (broad SMARTS) is 1. The van der Waals surface area contributed by atoms with Crippen molar-refractivity contribution in [2.45, 2.75) is 19.3 Å². The molecule has 0 saturated heterocycles. The van der Waals surface area contributed by atoms with Crippen molar-refractivity contribution in [1.82, 2.24) is 4.98 Å². The van der Waals surface area contributed by atoms with Crippen LogP contribution in [0.2, 0.25) is 5.02 Å². The fourth-order valence-electron chi connectivity index (χ4n) is 1.83. The summed E-state index contributed by atoms with van der Waals surface area (Å²) < 4.78 is 5.55. The average Bonchev–Trinajstić information content (AvgIpc) is 2.44. The molecule has 1 N–H and O–H groups in total. The normalized spacial score (nSPS) is 11.3.